The number of rotatable bonds is 5. The number of benzene rings is 1. The number of halogens is 1. The van der Waals surface area contributed by atoms with Crippen LogP contribution < -0.4 is 5.32 Å². The van der Waals surface area contributed by atoms with E-state index in [0.717, 1.165) is 0 Å². The third-order valence-corrected chi connectivity index (χ3v) is 6.71. The number of amides is 1. The van der Waals surface area contributed by atoms with Crippen LogP contribution in [0.15, 0.2) is 18.2 Å². The van der Waals surface area contributed by atoms with Gasteiger partial charge < -0.3 is 15.0 Å². The fourth-order valence-electron chi connectivity index (χ4n) is 3.11. The molecule has 7 nitrogen and oxygen atoms in total. The highest BCUT2D eigenvalue weighted by Gasteiger charge is 2.34. The van der Waals surface area contributed by atoms with Gasteiger partial charge in [0.15, 0.2) is 0 Å². The lowest BCUT2D eigenvalue weighted by Crippen LogP contribution is -2.43. The van der Waals surface area contributed by atoms with Crippen LogP contribution in [0.4, 0.5) is 4.39 Å². The van der Waals surface area contributed by atoms with Crippen LogP contribution in [-0.2, 0) is 14.8 Å². The van der Waals surface area contributed by atoms with Gasteiger partial charge in [0.25, 0.3) is 5.91 Å². The largest absolute Gasteiger partial charge is 0.379 e. The lowest BCUT2D eigenvalue weighted by molar-refractivity contribution is 0.0921. The fourth-order valence-corrected chi connectivity index (χ4v) is 4.28. The molecule has 3 rings (SSSR count). The monoisotopic (exact) mass is 383 g/mol. The molecule has 0 radical (unpaired) electrons. The molecule has 0 unspecified atom stereocenters. The van der Waals surface area contributed by atoms with Crippen LogP contribution in [0.5, 0.6) is 0 Å². The van der Waals surface area contributed by atoms with Gasteiger partial charge >= 0.3 is 0 Å². The Kier molecular flexibility index (Phi) is 5.05. The van der Waals surface area contributed by atoms with Gasteiger partial charge in [-0.05, 0) is 30.7 Å². The van der Waals surface area contributed by atoms with Gasteiger partial charge in [0.2, 0.25) is 10.0 Å². The average molecular weight is 383 g/mol. The minimum atomic E-state index is -3.40. The number of fused-ring (bicyclic) bond motifs is 1. The second-order valence-corrected chi connectivity index (χ2v) is 8.98. The Hall–Kier alpha value is -1.97. The van der Waals surface area contributed by atoms with E-state index in [2.05, 4.69) is 10.3 Å². The molecule has 1 fully saturated rings. The number of carbonyl (C=O) groups excluding carboxylic acids is 1. The lowest BCUT2D eigenvalue weighted by atomic mass is 10.1. The third-order valence-electron chi connectivity index (χ3n) is 4.74. The second-order valence-electron chi connectivity index (χ2n) is 6.75. The van der Waals surface area contributed by atoms with Crippen molar-refractivity contribution in [2.45, 2.75) is 13.0 Å². The molecule has 2 N–H and O–H groups in total. The molecular formula is C17H22FN3O4S. The zero-order valence-electron chi connectivity index (χ0n) is 14.9. The number of H-pyrrole nitrogens is 1. The predicted octanol–water partition coefficient (Wildman–Crippen LogP) is 1.25. The van der Waals surface area contributed by atoms with Crippen molar-refractivity contribution in [2.75, 3.05) is 33.1 Å². The van der Waals surface area contributed by atoms with Crippen molar-refractivity contribution in [1.82, 2.24) is 14.6 Å². The summed E-state index contributed by atoms with van der Waals surface area (Å²) < 4.78 is 44.2. The van der Waals surface area contributed by atoms with E-state index in [9.17, 15) is 17.6 Å². The van der Waals surface area contributed by atoms with Gasteiger partial charge in [-0.25, -0.2) is 17.1 Å². The highest BCUT2D eigenvalue weighted by molar-refractivity contribution is 7.89. The fraction of sp³-hybridized carbons (Fsp3) is 0.471. The van der Waals surface area contributed by atoms with Gasteiger partial charge in [-0.2, -0.15) is 0 Å². The zero-order valence-corrected chi connectivity index (χ0v) is 15.7. The maximum absolute atomic E-state index is 13.4. The standard InChI is InChI=1S/C17H22FN3O4S/c1-10-13-6-12(18)4-5-14(13)19-16(10)17(22)20-15-8-25-7-11(15)9-26(23,24)21(2)3/h4-6,11,15,19H,7-9H2,1-3H3,(H,20,22)/t11-,15+/m0/s1. The van der Waals surface area contributed by atoms with Gasteiger partial charge in [-0.15, -0.1) is 0 Å². The summed E-state index contributed by atoms with van der Waals surface area (Å²) in [7, 11) is -0.440. The minimum Gasteiger partial charge on any atom is -0.379 e. The van der Waals surface area contributed by atoms with E-state index in [4.69, 9.17) is 4.74 Å². The van der Waals surface area contributed by atoms with Crippen molar-refractivity contribution in [3.8, 4) is 0 Å². The van der Waals surface area contributed by atoms with Crippen LogP contribution in [0, 0.1) is 18.7 Å². The number of ether oxygens (including phenoxy) is 1. The number of hydrogen-bond donors (Lipinski definition) is 2. The molecule has 9 heteroatoms. The lowest BCUT2D eigenvalue weighted by Gasteiger charge is -2.21. The number of nitrogens with one attached hydrogen (secondary N) is 2. The maximum Gasteiger partial charge on any atom is 0.268 e. The summed E-state index contributed by atoms with van der Waals surface area (Å²) in [4.78, 5) is 15.7. The van der Waals surface area contributed by atoms with Crippen molar-refractivity contribution < 1.29 is 22.3 Å². The van der Waals surface area contributed by atoms with Gasteiger partial charge in [0, 0.05) is 30.9 Å². The number of hydrogen-bond acceptors (Lipinski definition) is 4. The third kappa shape index (κ3) is 3.60. The molecule has 0 bridgehead atoms. The Bertz CT molecular complexity index is 939. The molecule has 2 heterocycles. The molecule has 2 aromatic rings. The Balaban J connectivity index is 1.78. The van der Waals surface area contributed by atoms with E-state index in [1.807, 2.05) is 0 Å². The van der Waals surface area contributed by atoms with Gasteiger partial charge in [0.1, 0.15) is 11.5 Å². The quantitative estimate of drug-likeness (QED) is 0.813. The van der Waals surface area contributed by atoms with Crippen LogP contribution >= 0.6 is 0 Å². The number of sulfonamides is 1. The Morgan fingerprint density at radius 2 is 2.12 bits per heavy atom. The Morgan fingerprint density at radius 1 is 1.38 bits per heavy atom. The molecule has 1 amide bonds. The molecule has 26 heavy (non-hydrogen) atoms. The topological polar surface area (TPSA) is 91.5 Å². The van der Waals surface area contributed by atoms with Gasteiger partial charge in [0.05, 0.1) is 25.0 Å². The molecule has 0 spiro atoms. The predicted molar refractivity (Wildman–Crippen MR) is 96.0 cm³/mol. The van der Waals surface area contributed by atoms with E-state index < -0.39 is 16.1 Å². The average Bonchev–Trinajstić information content (AvgIpc) is 3.12. The van der Waals surface area contributed by atoms with Crippen molar-refractivity contribution in [3.05, 3.63) is 35.3 Å². The van der Waals surface area contributed by atoms with Crippen molar-refractivity contribution in [1.29, 1.82) is 0 Å². The molecule has 1 aromatic carbocycles. The molecule has 0 aliphatic carbocycles. The van der Waals surface area contributed by atoms with Crippen LogP contribution in [0.3, 0.4) is 0 Å². The molecular weight excluding hydrogens is 361 g/mol. The zero-order chi connectivity index (χ0) is 19.1. The first-order chi connectivity index (χ1) is 12.2. The van der Waals surface area contributed by atoms with Crippen LogP contribution in [0.1, 0.15) is 16.1 Å². The summed E-state index contributed by atoms with van der Waals surface area (Å²) in [5, 5.41) is 3.49. The molecule has 142 valence electrons. The van der Waals surface area contributed by atoms with Crippen LogP contribution in [0.25, 0.3) is 10.9 Å². The Labute approximate surface area is 151 Å². The van der Waals surface area contributed by atoms with Crippen molar-refractivity contribution in [2.24, 2.45) is 5.92 Å². The first-order valence-corrected chi connectivity index (χ1v) is 9.86. The summed E-state index contributed by atoms with van der Waals surface area (Å²) in [6.07, 6.45) is 0. The van der Waals surface area contributed by atoms with Crippen LogP contribution in [-0.4, -0.2) is 62.7 Å². The summed E-state index contributed by atoms with van der Waals surface area (Å²) in [6.45, 7) is 2.27. The summed E-state index contributed by atoms with van der Waals surface area (Å²) >= 11 is 0. The molecule has 2 atom stereocenters. The van der Waals surface area contributed by atoms with E-state index in [1.54, 1.807) is 13.0 Å². The molecule has 1 aliphatic rings. The van der Waals surface area contributed by atoms with E-state index in [-0.39, 0.29) is 36.6 Å². The van der Waals surface area contributed by atoms with Gasteiger partial charge in [-0.3, -0.25) is 4.79 Å². The molecule has 1 aromatic heterocycles. The molecule has 1 saturated heterocycles. The van der Waals surface area contributed by atoms with Crippen molar-refractivity contribution >= 4 is 26.8 Å². The van der Waals surface area contributed by atoms with Crippen LogP contribution in [0.2, 0.25) is 0 Å². The second kappa shape index (κ2) is 6.98. The van der Waals surface area contributed by atoms with Gasteiger partial charge in [-0.1, -0.05) is 0 Å². The molecule has 0 saturated carbocycles. The first-order valence-electron chi connectivity index (χ1n) is 8.25. The SMILES string of the molecule is Cc1c(C(=O)N[C@@H]2COC[C@H]2CS(=O)(=O)N(C)C)[nH]c2ccc(F)cc12. The molecule has 1 aliphatic heterocycles. The van der Waals surface area contributed by atoms with E-state index in [1.165, 1.54) is 30.5 Å². The number of aryl methyl sites for hydroxylation is 1. The smallest absolute Gasteiger partial charge is 0.268 e. The summed E-state index contributed by atoms with van der Waals surface area (Å²) in [6, 6.07) is 3.88. The maximum atomic E-state index is 13.4. The number of aromatic amines is 1. The number of nitrogens with zero attached hydrogens (tertiary/aromatic N) is 1. The highest BCUT2D eigenvalue weighted by atomic mass is 32.2. The number of aromatic nitrogens is 1. The first kappa shape index (κ1) is 18.8. The normalized spacial score (nSPS) is 20.8. The minimum absolute atomic E-state index is 0.0954. The Morgan fingerprint density at radius 3 is 2.81 bits per heavy atom. The van der Waals surface area contributed by atoms with E-state index >= 15 is 0 Å². The van der Waals surface area contributed by atoms with E-state index in [0.29, 0.717) is 22.2 Å². The highest BCUT2D eigenvalue weighted by Crippen LogP contribution is 2.23. The van der Waals surface area contributed by atoms with Crippen molar-refractivity contribution in [3.63, 3.8) is 0 Å². The summed E-state index contributed by atoms with van der Waals surface area (Å²) in [5.41, 5.74) is 1.66. The summed E-state index contributed by atoms with van der Waals surface area (Å²) in [5.74, 6) is -1.15. The number of carbonyl (C=O) groups is 1.